The first-order valence-corrected chi connectivity index (χ1v) is 5.37. The van der Waals surface area contributed by atoms with Gasteiger partial charge in [0.05, 0.1) is 12.1 Å². The number of alkyl halides is 3. The van der Waals surface area contributed by atoms with Crippen LogP contribution in [0.3, 0.4) is 0 Å². The van der Waals surface area contributed by atoms with Crippen LogP contribution in [0.5, 0.6) is 0 Å². The second-order valence-corrected chi connectivity index (χ2v) is 3.51. The van der Waals surface area contributed by atoms with E-state index in [1.54, 1.807) is 13.0 Å². The van der Waals surface area contributed by atoms with Crippen molar-refractivity contribution < 1.29 is 18.0 Å². The Morgan fingerprint density at radius 3 is 2.68 bits per heavy atom. The number of amides is 1. The van der Waals surface area contributed by atoms with Gasteiger partial charge in [-0.1, -0.05) is 0 Å². The molecule has 0 saturated carbocycles. The lowest BCUT2D eigenvalue weighted by Gasteiger charge is -2.10. The van der Waals surface area contributed by atoms with E-state index in [0.29, 0.717) is 6.54 Å². The monoisotopic (exact) mass is 272 g/mol. The number of aromatic nitrogens is 1. The highest BCUT2D eigenvalue weighted by atomic mass is 19.4. The molecule has 19 heavy (non-hydrogen) atoms. The number of halogens is 3. The zero-order valence-electron chi connectivity index (χ0n) is 10.0. The van der Waals surface area contributed by atoms with Crippen LogP contribution in [-0.2, 0) is 11.0 Å². The van der Waals surface area contributed by atoms with Gasteiger partial charge >= 0.3 is 6.18 Å². The Kier molecular flexibility index (Phi) is 4.69. The molecule has 1 aromatic heterocycles. The summed E-state index contributed by atoms with van der Waals surface area (Å²) in [5, 5.41) is 13.6. The Hall–Kier alpha value is -2.30. The van der Waals surface area contributed by atoms with Crippen molar-refractivity contribution in [3.63, 3.8) is 0 Å². The quantitative estimate of drug-likeness (QED) is 0.871. The normalized spacial score (nSPS) is 10.7. The highest BCUT2D eigenvalue weighted by Crippen LogP contribution is 2.29. The van der Waals surface area contributed by atoms with Crippen LogP contribution < -0.4 is 10.6 Å². The van der Waals surface area contributed by atoms with Crippen LogP contribution in [0.4, 0.5) is 19.0 Å². The van der Waals surface area contributed by atoms with E-state index in [-0.39, 0.29) is 17.9 Å². The second kappa shape index (κ2) is 6.04. The summed E-state index contributed by atoms with van der Waals surface area (Å²) in [5.74, 6) is -0.658. The highest BCUT2D eigenvalue weighted by molar-refractivity contribution is 5.80. The fraction of sp³-hybridized carbons (Fsp3) is 0.364. The molecule has 1 rings (SSSR count). The predicted octanol–water partition coefficient (Wildman–Crippen LogP) is 1.52. The standard InChI is InChI=1S/C11H11F3N4O/c1-2-16-9(19)6-17-10-7(5-15)3-4-8(18-10)11(12,13)14/h3-4H,2,6H2,1H3,(H,16,19)(H,17,18). The summed E-state index contributed by atoms with van der Waals surface area (Å²) in [6.07, 6.45) is -4.60. The number of hydrogen-bond donors (Lipinski definition) is 2. The average molecular weight is 272 g/mol. The molecule has 1 amide bonds. The molecule has 0 aromatic carbocycles. The zero-order chi connectivity index (χ0) is 14.5. The van der Waals surface area contributed by atoms with Gasteiger partial charge in [0.1, 0.15) is 17.6 Å². The van der Waals surface area contributed by atoms with Gasteiger partial charge in [0.2, 0.25) is 5.91 Å². The number of nitrogens with one attached hydrogen (secondary N) is 2. The largest absolute Gasteiger partial charge is 0.433 e. The molecule has 102 valence electrons. The number of likely N-dealkylation sites (N-methyl/N-ethyl adjacent to an activating group) is 1. The number of carbonyl (C=O) groups excluding carboxylic acids is 1. The van der Waals surface area contributed by atoms with Crippen LogP contribution in [0.2, 0.25) is 0 Å². The fourth-order valence-corrected chi connectivity index (χ4v) is 1.27. The fourth-order valence-electron chi connectivity index (χ4n) is 1.27. The van der Waals surface area contributed by atoms with Crippen molar-refractivity contribution in [3.8, 4) is 6.07 Å². The van der Waals surface area contributed by atoms with E-state index >= 15 is 0 Å². The van der Waals surface area contributed by atoms with Crippen molar-refractivity contribution in [2.45, 2.75) is 13.1 Å². The maximum Gasteiger partial charge on any atom is 0.433 e. The van der Waals surface area contributed by atoms with E-state index in [0.717, 1.165) is 12.1 Å². The first kappa shape index (κ1) is 14.8. The third-order valence-electron chi connectivity index (χ3n) is 2.10. The number of rotatable bonds is 4. The summed E-state index contributed by atoms with van der Waals surface area (Å²) < 4.78 is 37.4. The molecule has 0 unspecified atom stereocenters. The summed E-state index contributed by atoms with van der Waals surface area (Å²) >= 11 is 0. The van der Waals surface area contributed by atoms with Gasteiger partial charge in [-0.2, -0.15) is 18.4 Å². The van der Waals surface area contributed by atoms with Crippen LogP contribution in [-0.4, -0.2) is 24.0 Å². The lowest BCUT2D eigenvalue weighted by molar-refractivity contribution is -0.141. The number of nitrogens with zero attached hydrogens (tertiary/aromatic N) is 2. The first-order valence-electron chi connectivity index (χ1n) is 5.37. The molecule has 1 aromatic rings. The Morgan fingerprint density at radius 2 is 2.16 bits per heavy atom. The number of anilines is 1. The Balaban J connectivity index is 2.92. The Labute approximate surface area is 107 Å². The summed E-state index contributed by atoms with van der Waals surface area (Å²) in [6.45, 7) is 1.86. The number of pyridine rings is 1. The van der Waals surface area contributed by atoms with Crippen LogP contribution in [0.1, 0.15) is 18.2 Å². The van der Waals surface area contributed by atoms with Crippen molar-refractivity contribution in [2.75, 3.05) is 18.4 Å². The molecule has 0 bridgehead atoms. The molecular formula is C11H11F3N4O. The molecule has 2 N–H and O–H groups in total. The Morgan fingerprint density at radius 1 is 1.47 bits per heavy atom. The molecule has 8 heteroatoms. The molecule has 1 heterocycles. The summed E-state index contributed by atoms with van der Waals surface area (Å²) in [4.78, 5) is 14.5. The molecule has 5 nitrogen and oxygen atoms in total. The van der Waals surface area contributed by atoms with Crippen LogP contribution in [0, 0.1) is 11.3 Å². The minimum atomic E-state index is -4.60. The first-order chi connectivity index (χ1) is 8.88. The topological polar surface area (TPSA) is 77.8 Å². The molecule has 0 aliphatic rings. The van der Waals surface area contributed by atoms with E-state index < -0.39 is 17.8 Å². The molecule has 0 spiro atoms. The average Bonchev–Trinajstić information content (AvgIpc) is 2.35. The van der Waals surface area contributed by atoms with Gasteiger partial charge in [-0.25, -0.2) is 4.98 Å². The van der Waals surface area contributed by atoms with Crippen molar-refractivity contribution in [1.29, 1.82) is 5.26 Å². The lowest BCUT2D eigenvalue weighted by atomic mass is 10.2. The number of nitriles is 1. The van der Waals surface area contributed by atoms with Gasteiger partial charge in [-0.05, 0) is 19.1 Å². The molecular weight excluding hydrogens is 261 g/mol. The van der Waals surface area contributed by atoms with Crippen molar-refractivity contribution in [3.05, 3.63) is 23.4 Å². The van der Waals surface area contributed by atoms with Crippen LogP contribution in [0.25, 0.3) is 0 Å². The van der Waals surface area contributed by atoms with Gasteiger partial charge in [-0.3, -0.25) is 4.79 Å². The third-order valence-corrected chi connectivity index (χ3v) is 2.10. The highest BCUT2D eigenvalue weighted by Gasteiger charge is 2.33. The summed E-state index contributed by atoms with van der Waals surface area (Å²) in [6, 6.07) is 3.43. The van der Waals surface area contributed by atoms with E-state index in [2.05, 4.69) is 15.6 Å². The van der Waals surface area contributed by atoms with Gasteiger partial charge in [0, 0.05) is 6.54 Å². The maximum atomic E-state index is 12.5. The minimum Gasteiger partial charge on any atom is -0.360 e. The van der Waals surface area contributed by atoms with Crippen molar-refractivity contribution >= 4 is 11.7 Å². The van der Waals surface area contributed by atoms with Gasteiger partial charge < -0.3 is 10.6 Å². The number of carbonyl (C=O) groups is 1. The molecule has 0 atom stereocenters. The van der Waals surface area contributed by atoms with Crippen LogP contribution in [0.15, 0.2) is 12.1 Å². The van der Waals surface area contributed by atoms with Gasteiger partial charge in [0.15, 0.2) is 0 Å². The van der Waals surface area contributed by atoms with E-state index in [9.17, 15) is 18.0 Å². The number of hydrogen-bond acceptors (Lipinski definition) is 4. The molecule has 0 fully saturated rings. The zero-order valence-corrected chi connectivity index (χ0v) is 10.0. The third kappa shape index (κ3) is 4.13. The SMILES string of the molecule is CCNC(=O)CNc1nc(C(F)(F)F)ccc1C#N. The van der Waals surface area contributed by atoms with E-state index in [4.69, 9.17) is 5.26 Å². The molecule has 0 radical (unpaired) electrons. The lowest BCUT2D eigenvalue weighted by Crippen LogP contribution is -2.30. The van der Waals surface area contributed by atoms with Crippen molar-refractivity contribution in [2.24, 2.45) is 0 Å². The maximum absolute atomic E-state index is 12.5. The van der Waals surface area contributed by atoms with E-state index in [1.165, 1.54) is 0 Å². The second-order valence-electron chi connectivity index (χ2n) is 3.51. The van der Waals surface area contributed by atoms with Crippen LogP contribution >= 0.6 is 0 Å². The van der Waals surface area contributed by atoms with Gasteiger partial charge in [0.25, 0.3) is 0 Å². The van der Waals surface area contributed by atoms with Gasteiger partial charge in [-0.15, -0.1) is 0 Å². The summed E-state index contributed by atoms with van der Waals surface area (Å²) in [5.41, 5.74) is -1.18. The predicted molar refractivity (Wildman–Crippen MR) is 61.1 cm³/mol. The summed E-state index contributed by atoms with van der Waals surface area (Å²) in [7, 11) is 0. The minimum absolute atomic E-state index is 0.0581. The molecule has 0 saturated heterocycles. The Bertz CT molecular complexity index is 508. The molecule has 0 aliphatic carbocycles. The molecule has 0 aliphatic heterocycles. The smallest absolute Gasteiger partial charge is 0.360 e. The van der Waals surface area contributed by atoms with Crippen molar-refractivity contribution in [1.82, 2.24) is 10.3 Å². The van der Waals surface area contributed by atoms with E-state index in [1.807, 2.05) is 0 Å².